The number of piperidine rings is 1. The third-order valence-electron chi connectivity index (χ3n) is 3.28. The molecular weight excluding hydrogens is 250 g/mol. The lowest BCUT2D eigenvalue weighted by molar-refractivity contribution is 0.393. The molecule has 3 heterocycles. The SMILES string of the molecule is CCc1nsc(N2CCC(c3ncon3)CC2)n1. The van der Waals surface area contributed by atoms with Crippen LogP contribution in [0, 0.1) is 0 Å². The van der Waals surface area contributed by atoms with Gasteiger partial charge in [0, 0.05) is 37.0 Å². The fourth-order valence-electron chi connectivity index (χ4n) is 2.20. The molecule has 0 saturated carbocycles. The molecule has 0 N–H and O–H groups in total. The van der Waals surface area contributed by atoms with E-state index in [2.05, 4.69) is 31.3 Å². The Balaban J connectivity index is 1.63. The molecule has 3 rings (SSSR count). The second kappa shape index (κ2) is 5.01. The maximum atomic E-state index is 4.80. The number of nitrogens with zero attached hydrogens (tertiary/aromatic N) is 5. The minimum Gasteiger partial charge on any atom is -0.347 e. The van der Waals surface area contributed by atoms with Crippen molar-refractivity contribution in [2.75, 3.05) is 18.0 Å². The number of hydrogen-bond acceptors (Lipinski definition) is 7. The molecule has 2 aromatic rings. The molecule has 0 bridgehead atoms. The van der Waals surface area contributed by atoms with E-state index in [0.29, 0.717) is 5.92 Å². The molecule has 7 heteroatoms. The first-order valence-corrected chi connectivity index (χ1v) is 6.98. The predicted molar refractivity (Wildman–Crippen MR) is 67.8 cm³/mol. The van der Waals surface area contributed by atoms with Crippen LogP contribution in [0.15, 0.2) is 10.9 Å². The minimum atomic E-state index is 0.415. The molecule has 0 aliphatic carbocycles. The van der Waals surface area contributed by atoms with Crippen molar-refractivity contribution in [2.45, 2.75) is 32.1 Å². The van der Waals surface area contributed by atoms with Crippen LogP contribution in [0.2, 0.25) is 0 Å². The fourth-order valence-corrected chi connectivity index (χ4v) is 3.01. The van der Waals surface area contributed by atoms with Crippen LogP contribution in [0.1, 0.15) is 37.3 Å². The number of hydrogen-bond donors (Lipinski definition) is 0. The third kappa shape index (κ3) is 2.22. The molecule has 0 amide bonds. The molecule has 0 unspecified atom stereocenters. The van der Waals surface area contributed by atoms with Crippen molar-refractivity contribution in [3.05, 3.63) is 18.0 Å². The molecule has 96 valence electrons. The van der Waals surface area contributed by atoms with Gasteiger partial charge >= 0.3 is 0 Å². The molecule has 0 atom stereocenters. The van der Waals surface area contributed by atoms with Gasteiger partial charge in [-0.2, -0.15) is 9.36 Å². The molecule has 2 aromatic heterocycles. The Morgan fingerprint density at radius 1 is 1.44 bits per heavy atom. The van der Waals surface area contributed by atoms with Gasteiger partial charge in [-0.1, -0.05) is 12.1 Å². The van der Waals surface area contributed by atoms with E-state index < -0.39 is 0 Å². The number of aryl methyl sites for hydroxylation is 1. The van der Waals surface area contributed by atoms with E-state index in [1.807, 2.05) is 0 Å². The zero-order chi connectivity index (χ0) is 12.4. The summed E-state index contributed by atoms with van der Waals surface area (Å²) in [6, 6.07) is 0. The number of rotatable bonds is 3. The molecule has 0 spiro atoms. The van der Waals surface area contributed by atoms with Crippen molar-refractivity contribution in [2.24, 2.45) is 0 Å². The Bertz CT molecular complexity index is 489. The Labute approximate surface area is 109 Å². The smallest absolute Gasteiger partial charge is 0.213 e. The Morgan fingerprint density at radius 2 is 2.28 bits per heavy atom. The number of anilines is 1. The molecule has 1 saturated heterocycles. The summed E-state index contributed by atoms with van der Waals surface area (Å²) in [6.45, 7) is 4.05. The van der Waals surface area contributed by atoms with Crippen LogP contribution in [0.3, 0.4) is 0 Å². The summed E-state index contributed by atoms with van der Waals surface area (Å²) in [5.74, 6) is 2.19. The highest BCUT2D eigenvalue weighted by Crippen LogP contribution is 2.29. The lowest BCUT2D eigenvalue weighted by Gasteiger charge is -2.29. The molecule has 0 radical (unpaired) electrons. The zero-order valence-corrected chi connectivity index (χ0v) is 11.1. The monoisotopic (exact) mass is 265 g/mol. The first-order valence-electron chi connectivity index (χ1n) is 6.20. The van der Waals surface area contributed by atoms with E-state index in [4.69, 9.17) is 4.52 Å². The highest BCUT2D eigenvalue weighted by molar-refractivity contribution is 7.09. The van der Waals surface area contributed by atoms with Crippen LogP contribution in [-0.4, -0.2) is 32.6 Å². The first-order chi connectivity index (χ1) is 8.86. The lowest BCUT2D eigenvalue weighted by atomic mass is 9.96. The van der Waals surface area contributed by atoms with Gasteiger partial charge in [0.25, 0.3) is 0 Å². The van der Waals surface area contributed by atoms with Crippen molar-refractivity contribution in [1.29, 1.82) is 0 Å². The van der Waals surface area contributed by atoms with Crippen LogP contribution in [-0.2, 0) is 6.42 Å². The molecule has 6 nitrogen and oxygen atoms in total. The van der Waals surface area contributed by atoms with Gasteiger partial charge in [0.1, 0.15) is 5.82 Å². The highest BCUT2D eigenvalue weighted by atomic mass is 32.1. The minimum absolute atomic E-state index is 0.415. The van der Waals surface area contributed by atoms with Crippen molar-refractivity contribution in [3.8, 4) is 0 Å². The van der Waals surface area contributed by atoms with E-state index in [1.54, 1.807) is 0 Å². The summed E-state index contributed by atoms with van der Waals surface area (Å²) < 4.78 is 9.13. The van der Waals surface area contributed by atoms with E-state index in [-0.39, 0.29) is 0 Å². The van der Waals surface area contributed by atoms with Crippen LogP contribution in [0.25, 0.3) is 0 Å². The van der Waals surface area contributed by atoms with Gasteiger partial charge in [-0.15, -0.1) is 0 Å². The maximum absolute atomic E-state index is 4.80. The molecule has 1 aliphatic heterocycles. The van der Waals surface area contributed by atoms with Gasteiger partial charge in [0.2, 0.25) is 11.5 Å². The lowest BCUT2D eigenvalue weighted by Crippen LogP contribution is -2.33. The van der Waals surface area contributed by atoms with Crippen molar-refractivity contribution < 1.29 is 4.52 Å². The van der Waals surface area contributed by atoms with Gasteiger partial charge in [-0.05, 0) is 12.8 Å². The summed E-state index contributed by atoms with van der Waals surface area (Å²) in [5.41, 5.74) is 0. The molecule has 0 aromatic carbocycles. The Hall–Kier alpha value is -1.50. The Morgan fingerprint density at radius 3 is 2.89 bits per heavy atom. The molecule has 1 aliphatic rings. The molecular formula is C11H15N5OS. The standard InChI is InChI=1S/C11H15N5OS/c1-2-9-13-11(18-15-9)16-5-3-8(4-6-16)10-12-7-17-14-10/h7-8H,2-6H2,1H3. The van der Waals surface area contributed by atoms with Crippen LogP contribution >= 0.6 is 11.5 Å². The van der Waals surface area contributed by atoms with Gasteiger partial charge < -0.3 is 9.42 Å². The molecule has 1 fully saturated rings. The molecule has 18 heavy (non-hydrogen) atoms. The van der Waals surface area contributed by atoms with Gasteiger partial charge in [-0.3, -0.25) is 0 Å². The summed E-state index contributed by atoms with van der Waals surface area (Å²) in [4.78, 5) is 11.0. The Kier molecular flexibility index (Phi) is 3.22. The van der Waals surface area contributed by atoms with Crippen LogP contribution in [0.4, 0.5) is 5.13 Å². The maximum Gasteiger partial charge on any atom is 0.213 e. The van der Waals surface area contributed by atoms with Crippen molar-refractivity contribution >= 4 is 16.7 Å². The summed E-state index contributed by atoms with van der Waals surface area (Å²) in [7, 11) is 0. The van der Waals surface area contributed by atoms with E-state index in [9.17, 15) is 0 Å². The van der Waals surface area contributed by atoms with Gasteiger partial charge in [0.15, 0.2) is 5.82 Å². The zero-order valence-electron chi connectivity index (χ0n) is 10.2. The second-order valence-corrected chi connectivity index (χ2v) is 5.13. The van der Waals surface area contributed by atoms with Gasteiger partial charge in [0.05, 0.1) is 0 Å². The van der Waals surface area contributed by atoms with E-state index >= 15 is 0 Å². The van der Waals surface area contributed by atoms with E-state index in [0.717, 1.165) is 49.1 Å². The quantitative estimate of drug-likeness (QED) is 0.844. The topological polar surface area (TPSA) is 67.9 Å². The largest absolute Gasteiger partial charge is 0.347 e. The van der Waals surface area contributed by atoms with E-state index in [1.165, 1.54) is 17.9 Å². The highest BCUT2D eigenvalue weighted by Gasteiger charge is 2.25. The summed E-state index contributed by atoms with van der Waals surface area (Å²) in [5, 5.41) is 4.97. The average Bonchev–Trinajstić information content (AvgIpc) is 3.10. The normalized spacial score (nSPS) is 17.3. The van der Waals surface area contributed by atoms with Crippen molar-refractivity contribution in [1.82, 2.24) is 19.5 Å². The fraction of sp³-hybridized carbons (Fsp3) is 0.636. The first kappa shape index (κ1) is 11.6. The summed E-state index contributed by atoms with van der Waals surface area (Å²) in [6.07, 6.45) is 4.39. The van der Waals surface area contributed by atoms with Crippen molar-refractivity contribution in [3.63, 3.8) is 0 Å². The summed E-state index contributed by atoms with van der Waals surface area (Å²) >= 11 is 1.49. The van der Waals surface area contributed by atoms with Gasteiger partial charge in [-0.25, -0.2) is 4.98 Å². The average molecular weight is 265 g/mol. The number of aromatic nitrogens is 4. The predicted octanol–water partition coefficient (Wildman–Crippen LogP) is 1.87. The third-order valence-corrected chi connectivity index (χ3v) is 4.10. The van der Waals surface area contributed by atoms with Crippen LogP contribution in [0.5, 0.6) is 0 Å². The second-order valence-electron chi connectivity index (χ2n) is 4.40. The van der Waals surface area contributed by atoms with Crippen LogP contribution < -0.4 is 4.90 Å².